The van der Waals surface area contributed by atoms with Gasteiger partial charge in [0.15, 0.2) is 0 Å². The summed E-state index contributed by atoms with van der Waals surface area (Å²) in [6.07, 6.45) is 1.07. The summed E-state index contributed by atoms with van der Waals surface area (Å²) in [4.78, 5) is 0. The second kappa shape index (κ2) is 7.78. The maximum Gasteiger partial charge on any atom is 0.0675 e. The van der Waals surface area contributed by atoms with Crippen LogP contribution < -0.4 is 0 Å². The van der Waals surface area contributed by atoms with Crippen LogP contribution in [0.15, 0.2) is 12.1 Å². The minimum atomic E-state index is 0. The third-order valence-corrected chi connectivity index (χ3v) is 4.20. The smallest absolute Gasteiger partial charge is 0.0675 e. The number of hydrogen-bond acceptors (Lipinski definition) is 1. The zero-order valence-electron chi connectivity index (χ0n) is 15.7. The summed E-state index contributed by atoms with van der Waals surface area (Å²) in [5, 5.41) is 4.86. The monoisotopic (exact) mass is 404 g/mol. The van der Waals surface area contributed by atoms with E-state index in [9.17, 15) is 0 Å². The van der Waals surface area contributed by atoms with Crippen molar-refractivity contribution in [2.45, 2.75) is 67.9 Å². The Bertz CT molecular complexity index is 658. The van der Waals surface area contributed by atoms with E-state index in [0.717, 1.165) is 12.1 Å². The van der Waals surface area contributed by atoms with Crippen molar-refractivity contribution in [1.82, 2.24) is 9.78 Å². The number of aryl methyl sites for hydroxylation is 4. The molecule has 1 heterocycles. The van der Waals surface area contributed by atoms with Crippen molar-refractivity contribution >= 4 is 0 Å². The van der Waals surface area contributed by atoms with E-state index in [0.29, 0.717) is 12.0 Å². The SMILES string of the molecule is Cc1cc(C)c(-c2c(C)nn(C(C)C)c2CC(C)C)c(C)c1.[Pd]. The molecule has 0 aliphatic heterocycles. The molecule has 1 aromatic carbocycles. The van der Waals surface area contributed by atoms with E-state index in [1.165, 1.54) is 33.5 Å². The molecule has 0 aliphatic carbocycles. The molecule has 3 heteroatoms. The van der Waals surface area contributed by atoms with Crippen LogP contribution in [-0.4, -0.2) is 9.78 Å². The molecule has 0 atom stereocenters. The molecular formula is C20H30N2Pd. The quantitative estimate of drug-likeness (QED) is 0.610. The average molecular weight is 405 g/mol. The number of aromatic nitrogens is 2. The standard InChI is InChI=1S/C20H30N2.Pd/c1-12(2)9-18-20(17(8)21-22(18)13(3)4)19-15(6)10-14(5)11-16(19)7;/h10-13H,9H2,1-8H3;. The molecule has 2 nitrogen and oxygen atoms in total. The molecule has 0 N–H and O–H groups in total. The first-order valence-corrected chi connectivity index (χ1v) is 8.38. The predicted octanol–water partition coefficient (Wildman–Crippen LogP) is 5.56. The maximum absolute atomic E-state index is 4.86. The molecule has 2 rings (SSSR count). The summed E-state index contributed by atoms with van der Waals surface area (Å²) >= 11 is 0. The molecule has 0 fully saturated rings. The van der Waals surface area contributed by atoms with Gasteiger partial charge in [0.2, 0.25) is 0 Å². The van der Waals surface area contributed by atoms with Gasteiger partial charge in [0.1, 0.15) is 0 Å². The van der Waals surface area contributed by atoms with Gasteiger partial charge in [-0.25, -0.2) is 0 Å². The molecule has 0 aliphatic rings. The van der Waals surface area contributed by atoms with Gasteiger partial charge >= 0.3 is 0 Å². The van der Waals surface area contributed by atoms with Gasteiger partial charge in [-0.3, -0.25) is 4.68 Å². The summed E-state index contributed by atoms with van der Waals surface area (Å²) < 4.78 is 2.23. The van der Waals surface area contributed by atoms with Gasteiger partial charge in [0.05, 0.1) is 5.69 Å². The van der Waals surface area contributed by atoms with Crippen LogP contribution in [0.1, 0.15) is 61.8 Å². The molecule has 0 saturated heterocycles. The molecule has 0 bridgehead atoms. The number of nitrogens with zero attached hydrogens (tertiary/aromatic N) is 2. The van der Waals surface area contributed by atoms with Crippen LogP contribution in [0.2, 0.25) is 0 Å². The summed E-state index contributed by atoms with van der Waals surface area (Å²) in [7, 11) is 0. The molecule has 0 radical (unpaired) electrons. The van der Waals surface area contributed by atoms with Crippen LogP contribution in [0.3, 0.4) is 0 Å². The van der Waals surface area contributed by atoms with Gasteiger partial charge < -0.3 is 0 Å². The van der Waals surface area contributed by atoms with Gasteiger partial charge in [-0.15, -0.1) is 0 Å². The first kappa shape index (κ1) is 20.1. The fourth-order valence-corrected chi connectivity index (χ4v) is 3.50. The third kappa shape index (κ3) is 4.14. The van der Waals surface area contributed by atoms with Crippen LogP contribution >= 0.6 is 0 Å². The summed E-state index contributed by atoms with van der Waals surface area (Å²) in [6, 6.07) is 4.97. The van der Waals surface area contributed by atoms with E-state index in [1.807, 2.05) is 0 Å². The van der Waals surface area contributed by atoms with Gasteiger partial charge in [-0.1, -0.05) is 31.5 Å². The summed E-state index contributed by atoms with van der Waals surface area (Å²) in [5.74, 6) is 0.624. The first-order chi connectivity index (χ1) is 10.2. The number of benzene rings is 1. The Morgan fingerprint density at radius 2 is 1.43 bits per heavy atom. The van der Waals surface area contributed by atoms with Gasteiger partial charge in [0.25, 0.3) is 0 Å². The second-order valence-corrected chi connectivity index (χ2v) is 7.32. The van der Waals surface area contributed by atoms with Gasteiger partial charge in [0, 0.05) is 37.7 Å². The van der Waals surface area contributed by atoms with Crippen molar-refractivity contribution in [3.8, 4) is 11.1 Å². The largest absolute Gasteiger partial charge is 0.266 e. The van der Waals surface area contributed by atoms with Crippen molar-refractivity contribution in [3.63, 3.8) is 0 Å². The van der Waals surface area contributed by atoms with E-state index in [2.05, 4.69) is 72.2 Å². The van der Waals surface area contributed by atoms with Crippen molar-refractivity contribution in [2.24, 2.45) is 5.92 Å². The predicted molar refractivity (Wildman–Crippen MR) is 95.5 cm³/mol. The maximum atomic E-state index is 4.86. The minimum absolute atomic E-state index is 0. The molecule has 130 valence electrons. The van der Waals surface area contributed by atoms with Crippen LogP contribution in [0.4, 0.5) is 0 Å². The van der Waals surface area contributed by atoms with Crippen LogP contribution in [0.25, 0.3) is 11.1 Å². The van der Waals surface area contributed by atoms with Crippen LogP contribution in [0, 0.1) is 33.6 Å². The van der Waals surface area contributed by atoms with E-state index in [-0.39, 0.29) is 20.4 Å². The average Bonchev–Trinajstić information content (AvgIpc) is 2.66. The van der Waals surface area contributed by atoms with Crippen molar-refractivity contribution in [2.75, 3.05) is 0 Å². The van der Waals surface area contributed by atoms with Crippen molar-refractivity contribution < 1.29 is 20.4 Å². The first-order valence-electron chi connectivity index (χ1n) is 8.38. The van der Waals surface area contributed by atoms with Crippen molar-refractivity contribution in [3.05, 3.63) is 40.2 Å². The van der Waals surface area contributed by atoms with Crippen LogP contribution in [0.5, 0.6) is 0 Å². The summed E-state index contributed by atoms with van der Waals surface area (Å²) in [6.45, 7) is 17.8. The second-order valence-electron chi connectivity index (χ2n) is 7.32. The summed E-state index contributed by atoms with van der Waals surface area (Å²) in [5.41, 5.74) is 9.32. The fraction of sp³-hybridized carbons (Fsp3) is 0.550. The Kier molecular flexibility index (Phi) is 6.81. The molecule has 2 aromatic rings. The van der Waals surface area contributed by atoms with Gasteiger partial charge in [-0.2, -0.15) is 5.10 Å². The number of hydrogen-bond donors (Lipinski definition) is 0. The normalized spacial score (nSPS) is 11.2. The third-order valence-electron chi connectivity index (χ3n) is 4.20. The molecular weight excluding hydrogens is 375 g/mol. The van der Waals surface area contributed by atoms with E-state index < -0.39 is 0 Å². The van der Waals surface area contributed by atoms with Crippen molar-refractivity contribution in [1.29, 1.82) is 0 Å². The Balaban J connectivity index is 0.00000264. The zero-order valence-corrected chi connectivity index (χ0v) is 17.3. The van der Waals surface area contributed by atoms with E-state index in [1.54, 1.807) is 0 Å². The van der Waals surface area contributed by atoms with E-state index in [4.69, 9.17) is 5.10 Å². The molecule has 0 amide bonds. The zero-order chi connectivity index (χ0) is 16.6. The molecule has 1 aromatic heterocycles. The number of rotatable bonds is 4. The fourth-order valence-electron chi connectivity index (χ4n) is 3.50. The Morgan fingerprint density at radius 3 is 1.87 bits per heavy atom. The minimum Gasteiger partial charge on any atom is -0.266 e. The topological polar surface area (TPSA) is 17.8 Å². The molecule has 0 spiro atoms. The molecule has 23 heavy (non-hydrogen) atoms. The Hall–Kier alpha value is -0.908. The molecule has 0 unspecified atom stereocenters. The van der Waals surface area contributed by atoms with Gasteiger partial charge in [-0.05, 0) is 70.6 Å². The Labute approximate surface area is 155 Å². The Morgan fingerprint density at radius 1 is 0.913 bits per heavy atom. The van der Waals surface area contributed by atoms with Crippen LogP contribution in [-0.2, 0) is 26.8 Å². The van der Waals surface area contributed by atoms with E-state index >= 15 is 0 Å². The molecule has 0 saturated carbocycles.